The molecule has 0 spiro atoms. The van der Waals surface area contributed by atoms with Gasteiger partial charge in [-0.3, -0.25) is 19.9 Å². The number of nitrogens with zero attached hydrogens (tertiary/aromatic N) is 3. The van der Waals surface area contributed by atoms with E-state index in [2.05, 4.69) is 26.8 Å². The molecule has 0 aromatic carbocycles. The molecular formula is C16H20FN5O4. The van der Waals surface area contributed by atoms with Crippen LogP contribution in [0.4, 0.5) is 10.3 Å². The second-order valence-corrected chi connectivity index (χ2v) is 6.70. The summed E-state index contributed by atoms with van der Waals surface area (Å²) < 4.78 is 16.1. The monoisotopic (exact) mass is 365 g/mol. The van der Waals surface area contributed by atoms with Gasteiger partial charge in [-0.1, -0.05) is 20.4 Å². The number of carbonyl (C=O) groups is 1. The van der Waals surface area contributed by atoms with E-state index in [-0.39, 0.29) is 40.9 Å². The Hall–Kier alpha value is -2.59. The summed E-state index contributed by atoms with van der Waals surface area (Å²) in [6, 6.07) is -0.741. The SMILES string of the molecule is C=C1[C@@H](n2cnc3c(=O)[nH]c(NC(=O)C(C)C)nc32)C[C@H](O)[C@@]1(F)CO. The number of H-pyrrole nitrogens is 1. The first-order chi connectivity index (χ1) is 12.2. The topological polar surface area (TPSA) is 133 Å². The highest BCUT2D eigenvalue weighted by molar-refractivity contribution is 5.91. The number of aliphatic hydroxyl groups excluding tert-OH is 2. The van der Waals surface area contributed by atoms with Crippen molar-refractivity contribution in [3.63, 3.8) is 0 Å². The Labute approximate surface area is 147 Å². The predicted molar refractivity (Wildman–Crippen MR) is 91.3 cm³/mol. The average Bonchev–Trinajstić information content (AvgIpc) is 3.10. The number of aromatic nitrogens is 4. The zero-order chi connectivity index (χ0) is 19.2. The second-order valence-electron chi connectivity index (χ2n) is 6.70. The lowest BCUT2D eigenvalue weighted by Crippen LogP contribution is -2.37. The van der Waals surface area contributed by atoms with Gasteiger partial charge in [0.15, 0.2) is 16.8 Å². The number of hydrogen-bond acceptors (Lipinski definition) is 6. The number of aromatic amines is 1. The molecule has 2 aromatic heterocycles. The van der Waals surface area contributed by atoms with Crippen molar-refractivity contribution in [2.75, 3.05) is 11.9 Å². The number of anilines is 1. The Balaban J connectivity index is 2.06. The number of hydrogen-bond donors (Lipinski definition) is 4. The van der Waals surface area contributed by atoms with Crippen molar-refractivity contribution in [3.05, 3.63) is 28.8 Å². The van der Waals surface area contributed by atoms with Crippen LogP contribution in [0.2, 0.25) is 0 Å². The van der Waals surface area contributed by atoms with Crippen molar-refractivity contribution in [1.82, 2.24) is 19.5 Å². The average molecular weight is 365 g/mol. The van der Waals surface area contributed by atoms with E-state index >= 15 is 0 Å². The Kier molecular flexibility index (Phi) is 4.41. The lowest BCUT2D eigenvalue weighted by Gasteiger charge is -2.22. The first-order valence-electron chi connectivity index (χ1n) is 8.14. The fraction of sp³-hybridized carbons (Fsp3) is 0.500. The fourth-order valence-electron chi connectivity index (χ4n) is 2.99. The first kappa shape index (κ1) is 18.2. The van der Waals surface area contributed by atoms with E-state index < -0.39 is 30.0 Å². The minimum absolute atomic E-state index is 0.00944. The summed E-state index contributed by atoms with van der Waals surface area (Å²) in [5, 5.41) is 21.8. The third kappa shape index (κ3) is 2.71. The summed E-state index contributed by atoms with van der Waals surface area (Å²) in [6.45, 7) is 6.14. The zero-order valence-electron chi connectivity index (χ0n) is 14.4. The number of carbonyl (C=O) groups excluding carboxylic acids is 1. The van der Waals surface area contributed by atoms with Crippen molar-refractivity contribution in [2.24, 2.45) is 5.92 Å². The molecule has 26 heavy (non-hydrogen) atoms. The maximum Gasteiger partial charge on any atom is 0.280 e. The van der Waals surface area contributed by atoms with Crippen LogP contribution in [-0.4, -0.2) is 54.0 Å². The number of halogens is 1. The Morgan fingerprint density at radius 1 is 1.62 bits per heavy atom. The smallest absolute Gasteiger partial charge is 0.280 e. The lowest BCUT2D eigenvalue weighted by molar-refractivity contribution is -0.118. The van der Waals surface area contributed by atoms with E-state index in [1.807, 2.05) is 0 Å². The van der Waals surface area contributed by atoms with Gasteiger partial charge in [-0.05, 0) is 5.57 Å². The van der Waals surface area contributed by atoms with Gasteiger partial charge in [0, 0.05) is 12.3 Å². The van der Waals surface area contributed by atoms with Gasteiger partial charge in [-0.2, -0.15) is 4.98 Å². The van der Waals surface area contributed by atoms with Crippen LogP contribution in [0, 0.1) is 5.92 Å². The molecule has 4 N–H and O–H groups in total. The van der Waals surface area contributed by atoms with Gasteiger partial charge in [-0.15, -0.1) is 0 Å². The summed E-state index contributed by atoms with van der Waals surface area (Å²) in [6.07, 6.45) is -0.194. The molecule has 1 saturated carbocycles. The molecular weight excluding hydrogens is 345 g/mol. The molecule has 1 amide bonds. The second kappa shape index (κ2) is 6.29. The van der Waals surface area contributed by atoms with Crippen molar-refractivity contribution < 1.29 is 19.4 Å². The predicted octanol–water partition coefficient (Wildman–Crippen LogP) is 0.277. The van der Waals surface area contributed by atoms with Crippen LogP contribution < -0.4 is 10.9 Å². The Morgan fingerprint density at radius 3 is 2.88 bits per heavy atom. The molecule has 2 aromatic rings. The number of aliphatic hydroxyl groups is 2. The van der Waals surface area contributed by atoms with Crippen LogP contribution in [-0.2, 0) is 4.79 Å². The third-order valence-electron chi connectivity index (χ3n) is 4.67. The molecule has 0 unspecified atom stereocenters. The van der Waals surface area contributed by atoms with Crippen LogP contribution in [0.15, 0.2) is 23.3 Å². The minimum atomic E-state index is -2.34. The summed E-state index contributed by atoms with van der Waals surface area (Å²) >= 11 is 0. The van der Waals surface area contributed by atoms with E-state index in [0.29, 0.717) is 0 Å². The van der Waals surface area contributed by atoms with Crippen molar-refractivity contribution >= 4 is 23.0 Å². The molecule has 1 fully saturated rings. The van der Waals surface area contributed by atoms with E-state index in [9.17, 15) is 24.2 Å². The molecule has 10 heteroatoms. The zero-order valence-corrected chi connectivity index (χ0v) is 14.4. The van der Waals surface area contributed by atoms with Gasteiger partial charge < -0.3 is 14.8 Å². The normalized spacial score (nSPS) is 26.0. The number of rotatable bonds is 4. The van der Waals surface area contributed by atoms with Crippen LogP contribution in [0.25, 0.3) is 11.2 Å². The quantitative estimate of drug-likeness (QED) is 0.575. The van der Waals surface area contributed by atoms with E-state index in [1.165, 1.54) is 10.9 Å². The molecule has 2 heterocycles. The Morgan fingerprint density at radius 2 is 2.31 bits per heavy atom. The van der Waals surface area contributed by atoms with Gasteiger partial charge in [-0.25, -0.2) is 9.37 Å². The van der Waals surface area contributed by atoms with E-state index in [4.69, 9.17) is 0 Å². The summed E-state index contributed by atoms with van der Waals surface area (Å²) in [4.78, 5) is 34.7. The third-order valence-corrected chi connectivity index (χ3v) is 4.67. The van der Waals surface area contributed by atoms with Crippen LogP contribution in [0.5, 0.6) is 0 Å². The van der Waals surface area contributed by atoms with Gasteiger partial charge in [0.2, 0.25) is 11.9 Å². The molecule has 3 atom stereocenters. The molecule has 140 valence electrons. The fourth-order valence-corrected chi connectivity index (χ4v) is 2.99. The lowest BCUT2D eigenvalue weighted by atomic mass is 9.99. The first-order valence-corrected chi connectivity index (χ1v) is 8.14. The van der Waals surface area contributed by atoms with Gasteiger partial charge >= 0.3 is 0 Å². The molecule has 3 rings (SSSR count). The van der Waals surface area contributed by atoms with Crippen LogP contribution in [0.1, 0.15) is 26.3 Å². The van der Waals surface area contributed by atoms with Crippen molar-refractivity contribution in [2.45, 2.75) is 38.1 Å². The number of imidazole rings is 1. The van der Waals surface area contributed by atoms with Gasteiger partial charge in [0.25, 0.3) is 5.56 Å². The van der Waals surface area contributed by atoms with Crippen LogP contribution >= 0.6 is 0 Å². The van der Waals surface area contributed by atoms with E-state index in [0.717, 1.165) is 0 Å². The molecule has 1 aliphatic rings. The number of fused-ring (bicyclic) bond motifs is 1. The summed E-state index contributed by atoms with van der Waals surface area (Å²) in [5.74, 6) is -0.703. The number of nitrogens with one attached hydrogen (secondary N) is 2. The molecule has 9 nitrogen and oxygen atoms in total. The van der Waals surface area contributed by atoms with E-state index in [1.54, 1.807) is 13.8 Å². The highest BCUT2D eigenvalue weighted by atomic mass is 19.1. The maximum atomic E-state index is 14.7. The molecule has 1 aliphatic carbocycles. The summed E-state index contributed by atoms with van der Waals surface area (Å²) in [5.41, 5.74) is -2.80. The Bertz CT molecular complexity index is 936. The highest BCUT2D eigenvalue weighted by Gasteiger charge is 2.51. The van der Waals surface area contributed by atoms with Crippen molar-refractivity contribution in [1.29, 1.82) is 0 Å². The van der Waals surface area contributed by atoms with Crippen LogP contribution in [0.3, 0.4) is 0 Å². The summed E-state index contributed by atoms with van der Waals surface area (Å²) in [7, 11) is 0. The molecule has 0 aliphatic heterocycles. The van der Waals surface area contributed by atoms with Gasteiger partial charge in [0.1, 0.15) is 0 Å². The highest BCUT2D eigenvalue weighted by Crippen LogP contribution is 2.45. The molecule has 0 bridgehead atoms. The number of amides is 1. The number of alkyl halides is 1. The standard InChI is InChI=1S/C16H20FN5O4/c1-7(2)13(25)20-15-19-12-11(14(26)21-15)18-6-22(12)9-4-10(24)16(17,5-23)8(9)3/h6-7,9-10,23-24H,3-5H2,1-2H3,(H2,19,20,21,25,26)/t9-,10-,16+/m0/s1. The molecule has 0 radical (unpaired) electrons. The van der Waals surface area contributed by atoms with Crippen molar-refractivity contribution in [3.8, 4) is 0 Å². The largest absolute Gasteiger partial charge is 0.393 e. The van der Waals surface area contributed by atoms with Gasteiger partial charge in [0.05, 0.1) is 25.1 Å². The molecule has 0 saturated heterocycles. The minimum Gasteiger partial charge on any atom is -0.393 e. The maximum absolute atomic E-state index is 14.7.